The smallest absolute Gasteiger partial charge is 0.226 e. The fourth-order valence-corrected chi connectivity index (χ4v) is 4.98. The molecule has 4 unspecified atom stereocenters. The molecule has 1 N–H and O–H groups in total. The second-order valence-corrected chi connectivity index (χ2v) is 8.16. The van der Waals surface area contributed by atoms with Gasteiger partial charge in [0.1, 0.15) is 12.1 Å². The topological polar surface area (TPSA) is 62.9 Å². The number of nitrogens with one attached hydrogen (secondary N) is 1. The van der Waals surface area contributed by atoms with Gasteiger partial charge in [0.05, 0.1) is 17.9 Å². The summed E-state index contributed by atoms with van der Waals surface area (Å²) in [5.74, 6) is 2.55. The van der Waals surface area contributed by atoms with E-state index in [1.165, 1.54) is 25.0 Å². The van der Waals surface area contributed by atoms with Gasteiger partial charge in [0.15, 0.2) is 5.96 Å². The van der Waals surface area contributed by atoms with Crippen molar-refractivity contribution in [2.24, 2.45) is 16.8 Å². The first-order valence-corrected chi connectivity index (χ1v) is 10.6. The third-order valence-corrected chi connectivity index (χ3v) is 6.36. The molecule has 7 heteroatoms. The molecule has 6 nitrogen and oxygen atoms in total. The van der Waals surface area contributed by atoms with Crippen LogP contribution in [-0.2, 0) is 11.2 Å². The third-order valence-electron chi connectivity index (χ3n) is 6.36. The van der Waals surface area contributed by atoms with E-state index in [0.29, 0.717) is 42.9 Å². The molecule has 5 rings (SSSR count). The number of nitrogens with zero attached hydrogens (tertiary/aromatic N) is 3. The minimum Gasteiger partial charge on any atom is -0.444 e. The highest BCUT2D eigenvalue weighted by Gasteiger charge is 2.53. The number of aliphatic imine (C=N–C) groups is 1. The second-order valence-electron chi connectivity index (χ2n) is 8.16. The summed E-state index contributed by atoms with van der Waals surface area (Å²) in [7, 11) is 0. The summed E-state index contributed by atoms with van der Waals surface area (Å²) in [5.41, 5.74) is 1.63. The Morgan fingerprint density at radius 1 is 1.21 bits per heavy atom. The van der Waals surface area contributed by atoms with Crippen molar-refractivity contribution in [3.8, 4) is 11.5 Å². The number of oxazole rings is 1. The fraction of sp³-hybridized carbons (Fsp3) is 0.545. The summed E-state index contributed by atoms with van der Waals surface area (Å²) in [4.78, 5) is 11.8. The molecule has 0 radical (unpaired) electrons. The first kappa shape index (κ1) is 18.6. The Kier molecular flexibility index (Phi) is 4.99. The number of fused-ring (bicyclic) bond motifs is 5. The molecule has 3 aliphatic heterocycles. The average Bonchev–Trinajstić information content (AvgIpc) is 3.49. The third kappa shape index (κ3) is 3.64. The molecule has 154 valence electrons. The minimum atomic E-state index is -0.267. The lowest BCUT2D eigenvalue weighted by atomic mass is 9.82. The first-order chi connectivity index (χ1) is 14.2. The maximum atomic E-state index is 13.1. The summed E-state index contributed by atoms with van der Waals surface area (Å²) in [6.45, 7) is 5.68. The number of hydrogen-bond donors (Lipinski definition) is 1. The lowest BCUT2D eigenvalue weighted by molar-refractivity contribution is 0.0767. The van der Waals surface area contributed by atoms with Crippen molar-refractivity contribution in [2.75, 3.05) is 26.2 Å². The summed E-state index contributed by atoms with van der Waals surface area (Å²) >= 11 is 0. The molecule has 0 amide bonds. The van der Waals surface area contributed by atoms with Crippen LogP contribution in [0.5, 0.6) is 0 Å². The zero-order chi connectivity index (χ0) is 19.8. The van der Waals surface area contributed by atoms with Gasteiger partial charge < -0.3 is 19.4 Å². The van der Waals surface area contributed by atoms with Gasteiger partial charge in [0, 0.05) is 50.0 Å². The van der Waals surface area contributed by atoms with Gasteiger partial charge in [-0.05, 0) is 44.0 Å². The van der Waals surface area contributed by atoms with Crippen LogP contribution in [0.3, 0.4) is 0 Å². The molecule has 0 saturated carbocycles. The van der Waals surface area contributed by atoms with E-state index >= 15 is 0 Å². The van der Waals surface area contributed by atoms with Crippen molar-refractivity contribution in [3.63, 3.8) is 0 Å². The SMILES string of the molecule is CCNC(=NCCc1coc(-c2ccc(F)cc2)n1)N1CC2C3CCC(O3)C2C1. The zero-order valence-corrected chi connectivity index (χ0v) is 16.7. The Bertz CT molecular complexity index is 863. The Balaban J connectivity index is 1.21. The summed E-state index contributed by atoms with van der Waals surface area (Å²) < 4.78 is 24.7. The van der Waals surface area contributed by atoms with Crippen LogP contribution in [0.4, 0.5) is 4.39 Å². The first-order valence-electron chi connectivity index (χ1n) is 10.6. The van der Waals surface area contributed by atoms with Crippen LogP contribution in [0.25, 0.3) is 11.5 Å². The highest BCUT2D eigenvalue weighted by Crippen LogP contribution is 2.47. The Hall–Kier alpha value is -2.41. The number of aromatic nitrogens is 1. The molecule has 2 bridgehead atoms. The van der Waals surface area contributed by atoms with Crippen molar-refractivity contribution in [1.29, 1.82) is 0 Å². The number of likely N-dealkylation sites (tertiary alicyclic amines) is 1. The van der Waals surface area contributed by atoms with Gasteiger partial charge >= 0.3 is 0 Å². The normalized spacial score (nSPS) is 28.2. The molecule has 4 atom stereocenters. The molecule has 0 spiro atoms. The molecular weight excluding hydrogens is 371 g/mol. The van der Waals surface area contributed by atoms with Crippen LogP contribution >= 0.6 is 0 Å². The number of ether oxygens (including phenoxy) is 1. The molecule has 3 fully saturated rings. The number of halogens is 1. The quantitative estimate of drug-likeness (QED) is 0.619. The van der Waals surface area contributed by atoms with Crippen LogP contribution in [0.2, 0.25) is 0 Å². The van der Waals surface area contributed by atoms with Crippen LogP contribution < -0.4 is 5.32 Å². The lowest BCUT2D eigenvalue weighted by Crippen LogP contribution is -2.41. The Morgan fingerprint density at radius 3 is 2.62 bits per heavy atom. The molecule has 4 heterocycles. The van der Waals surface area contributed by atoms with Gasteiger partial charge in [-0.25, -0.2) is 9.37 Å². The van der Waals surface area contributed by atoms with Crippen molar-refractivity contribution in [3.05, 3.63) is 42.0 Å². The number of hydrogen-bond acceptors (Lipinski definition) is 4. The van der Waals surface area contributed by atoms with Gasteiger partial charge in [-0.2, -0.15) is 0 Å². The van der Waals surface area contributed by atoms with E-state index in [0.717, 1.165) is 36.9 Å². The van der Waals surface area contributed by atoms with Gasteiger partial charge in [-0.15, -0.1) is 0 Å². The molecule has 1 aromatic heterocycles. The molecule has 3 aliphatic rings. The van der Waals surface area contributed by atoms with Crippen molar-refractivity contribution in [1.82, 2.24) is 15.2 Å². The average molecular weight is 398 g/mol. The van der Waals surface area contributed by atoms with Gasteiger partial charge in [-0.1, -0.05) is 0 Å². The summed E-state index contributed by atoms with van der Waals surface area (Å²) in [6.07, 6.45) is 5.72. The number of benzene rings is 1. The predicted molar refractivity (Wildman–Crippen MR) is 108 cm³/mol. The molecule has 29 heavy (non-hydrogen) atoms. The number of rotatable bonds is 5. The van der Waals surface area contributed by atoms with Crippen LogP contribution in [0, 0.1) is 17.7 Å². The maximum Gasteiger partial charge on any atom is 0.226 e. The fourth-order valence-electron chi connectivity index (χ4n) is 4.98. The van der Waals surface area contributed by atoms with Gasteiger partial charge in [-0.3, -0.25) is 4.99 Å². The molecular formula is C22H27FN4O2. The largest absolute Gasteiger partial charge is 0.444 e. The van der Waals surface area contributed by atoms with Crippen molar-refractivity contribution < 1.29 is 13.5 Å². The van der Waals surface area contributed by atoms with E-state index in [-0.39, 0.29) is 5.82 Å². The lowest BCUT2D eigenvalue weighted by Gasteiger charge is -2.23. The van der Waals surface area contributed by atoms with Gasteiger partial charge in [0.2, 0.25) is 5.89 Å². The molecule has 0 aliphatic carbocycles. The van der Waals surface area contributed by atoms with E-state index in [1.54, 1.807) is 18.4 Å². The Labute approximate surface area is 170 Å². The molecule has 2 aromatic rings. The Morgan fingerprint density at radius 2 is 1.93 bits per heavy atom. The zero-order valence-electron chi connectivity index (χ0n) is 16.7. The second kappa shape index (κ2) is 7.78. The monoisotopic (exact) mass is 398 g/mol. The maximum absolute atomic E-state index is 13.1. The standard InChI is InChI=1S/C22H27FN4O2/c1-2-24-22(27-11-17-18(12-27)20-8-7-19(17)29-20)25-10-9-16-13-28-21(26-16)14-3-5-15(23)6-4-14/h3-6,13,17-20H,2,7-12H2,1H3,(H,24,25). The summed E-state index contributed by atoms with van der Waals surface area (Å²) in [6, 6.07) is 6.17. The minimum absolute atomic E-state index is 0.267. The van der Waals surface area contributed by atoms with E-state index < -0.39 is 0 Å². The van der Waals surface area contributed by atoms with Crippen molar-refractivity contribution >= 4 is 5.96 Å². The highest BCUT2D eigenvalue weighted by molar-refractivity contribution is 5.80. The van der Waals surface area contributed by atoms with E-state index in [1.807, 2.05) is 0 Å². The van der Waals surface area contributed by atoms with E-state index in [4.69, 9.17) is 14.1 Å². The highest BCUT2D eigenvalue weighted by atomic mass is 19.1. The number of guanidine groups is 1. The van der Waals surface area contributed by atoms with E-state index in [2.05, 4.69) is 22.1 Å². The van der Waals surface area contributed by atoms with Gasteiger partial charge in [0.25, 0.3) is 0 Å². The van der Waals surface area contributed by atoms with E-state index in [9.17, 15) is 4.39 Å². The van der Waals surface area contributed by atoms with Crippen LogP contribution in [-0.4, -0.2) is 54.2 Å². The summed E-state index contributed by atoms with van der Waals surface area (Å²) in [5, 5.41) is 3.44. The molecule has 1 aromatic carbocycles. The predicted octanol–water partition coefficient (Wildman–Crippen LogP) is 3.10. The van der Waals surface area contributed by atoms with Crippen LogP contribution in [0.15, 0.2) is 39.9 Å². The van der Waals surface area contributed by atoms with Crippen LogP contribution in [0.1, 0.15) is 25.5 Å². The van der Waals surface area contributed by atoms with Crippen molar-refractivity contribution in [2.45, 2.75) is 38.4 Å². The molecule has 3 saturated heterocycles.